The molecule has 0 aliphatic heterocycles. The second-order valence-corrected chi connectivity index (χ2v) is 7.28. The van der Waals surface area contributed by atoms with Gasteiger partial charge in [0.25, 0.3) is 0 Å². The summed E-state index contributed by atoms with van der Waals surface area (Å²) in [6.45, 7) is 10.1. The Balaban J connectivity index is 2.46. The minimum atomic E-state index is -0.481. The molecule has 27 heavy (non-hydrogen) atoms. The van der Waals surface area contributed by atoms with E-state index in [2.05, 4.69) is 25.9 Å². The molecule has 1 aromatic rings. The number of carbonyl (C=O) groups excluding carboxylic acids is 1. The van der Waals surface area contributed by atoms with Crippen molar-refractivity contribution in [3.63, 3.8) is 0 Å². The molecule has 152 valence electrons. The Morgan fingerprint density at radius 2 is 1.93 bits per heavy atom. The van der Waals surface area contributed by atoms with Gasteiger partial charge in [-0.25, -0.2) is 14.8 Å². The van der Waals surface area contributed by atoms with Crippen molar-refractivity contribution in [3.05, 3.63) is 23.9 Å². The van der Waals surface area contributed by atoms with E-state index in [-0.39, 0.29) is 0 Å². The molecule has 8 nitrogen and oxygen atoms in total. The van der Waals surface area contributed by atoms with Crippen LogP contribution in [0.25, 0.3) is 0 Å². The molecule has 1 aromatic heterocycles. The van der Waals surface area contributed by atoms with Gasteiger partial charge in [0, 0.05) is 45.5 Å². The molecule has 0 aliphatic carbocycles. The van der Waals surface area contributed by atoms with Crippen LogP contribution in [0.4, 0.5) is 10.6 Å². The van der Waals surface area contributed by atoms with Crippen LogP contribution in [0.5, 0.6) is 0 Å². The Morgan fingerprint density at radius 3 is 2.56 bits per heavy atom. The highest BCUT2D eigenvalue weighted by molar-refractivity contribution is 5.79. The third kappa shape index (κ3) is 9.67. The van der Waals surface area contributed by atoms with Crippen LogP contribution in [0.2, 0.25) is 0 Å². The van der Waals surface area contributed by atoms with Crippen molar-refractivity contribution >= 4 is 17.9 Å². The van der Waals surface area contributed by atoms with Crippen LogP contribution < -0.4 is 20.9 Å². The summed E-state index contributed by atoms with van der Waals surface area (Å²) in [6.07, 6.45) is 2.15. The molecule has 0 bridgehead atoms. The number of nitrogens with zero attached hydrogens (tertiary/aromatic N) is 3. The van der Waals surface area contributed by atoms with E-state index in [1.54, 1.807) is 6.20 Å². The maximum Gasteiger partial charge on any atom is 0.407 e. The summed E-state index contributed by atoms with van der Waals surface area (Å²) in [5.74, 6) is 1.65. The average Bonchev–Trinajstić information content (AvgIpc) is 2.57. The zero-order valence-electron chi connectivity index (χ0n) is 17.4. The van der Waals surface area contributed by atoms with Crippen LogP contribution in [0.15, 0.2) is 23.3 Å². The third-order valence-electron chi connectivity index (χ3n) is 3.36. The summed E-state index contributed by atoms with van der Waals surface area (Å²) in [5.41, 5.74) is 0.580. The molecule has 0 saturated carbocycles. The molecule has 0 spiro atoms. The lowest BCUT2D eigenvalue weighted by molar-refractivity contribution is 0.0527. The summed E-state index contributed by atoms with van der Waals surface area (Å²) < 4.78 is 5.21. The van der Waals surface area contributed by atoms with Crippen LogP contribution in [0, 0.1) is 0 Å². The molecule has 3 N–H and O–H groups in total. The van der Waals surface area contributed by atoms with E-state index in [1.807, 2.05) is 58.8 Å². The Kier molecular flexibility index (Phi) is 9.39. The quantitative estimate of drug-likeness (QED) is 0.365. The standard InChI is InChI=1S/C19H34N6O2/c1-7-20-17(22-12-9-13-23-18(26)27-19(2,3)4)24-14-15-10-8-11-21-16(15)25(5)6/h8,10-11H,7,9,12-14H2,1-6H3,(H,23,26)(H2,20,22,24). The zero-order valence-corrected chi connectivity index (χ0v) is 17.4. The monoisotopic (exact) mass is 378 g/mol. The molecule has 8 heteroatoms. The number of alkyl carbamates (subject to hydrolysis) is 1. The van der Waals surface area contributed by atoms with E-state index in [9.17, 15) is 4.79 Å². The van der Waals surface area contributed by atoms with Crippen molar-refractivity contribution in [1.29, 1.82) is 0 Å². The molecular weight excluding hydrogens is 344 g/mol. The summed E-state index contributed by atoms with van der Waals surface area (Å²) in [7, 11) is 3.94. The molecule has 1 amide bonds. The van der Waals surface area contributed by atoms with Crippen molar-refractivity contribution in [3.8, 4) is 0 Å². The topological polar surface area (TPSA) is 90.9 Å². The first kappa shape index (κ1) is 22.5. The fourth-order valence-electron chi connectivity index (χ4n) is 2.26. The number of aliphatic imine (C=N–C) groups is 1. The largest absolute Gasteiger partial charge is 0.444 e. The number of hydrogen-bond acceptors (Lipinski definition) is 5. The number of pyridine rings is 1. The molecule has 1 rings (SSSR count). The van der Waals surface area contributed by atoms with E-state index in [0.29, 0.717) is 19.6 Å². The highest BCUT2D eigenvalue weighted by atomic mass is 16.6. The Hall–Kier alpha value is -2.51. The smallest absolute Gasteiger partial charge is 0.407 e. The van der Waals surface area contributed by atoms with Gasteiger partial charge in [0.2, 0.25) is 0 Å². The van der Waals surface area contributed by atoms with Gasteiger partial charge in [-0.3, -0.25) is 0 Å². The van der Waals surface area contributed by atoms with Gasteiger partial charge in [0.1, 0.15) is 11.4 Å². The van der Waals surface area contributed by atoms with Gasteiger partial charge < -0.3 is 25.6 Å². The van der Waals surface area contributed by atoms with E-state index >= 15 is 0 Å². The van der Waals surface area contributed by atoms with E-state index in [4.69, 9.17) is 4.74 Å². The van der Waals surface area contributed by atoms with Gasteiger partial charge in [-0.1, -0.05) is 6.07 Å². The molecular formula is C19H34N6O2. The first-order valence-electron chi connectivity index (χ1n) is 9.33. The average molecular weight is 379 g/mol. The van der Waals surface area contributed by atoms with Gasteiger partial charge >= 0.3 is 6.09 Å². The van der Waals surface area contributed by atoms with Gasteiger partial charge in [-0.2, -0.15) is 0 Å². The number of amides is 1. The van der Waals surface area contributed by atoms with Crippen LogP contribution in [-0.2, 0) is 11.3 Å². The molecule has 0 aliphatic rings. The van der Waals surface area contributed by atoms with Crippen LogP contribution in [0.1, 0.15) is 39.7 Å². The minimum Gasteiger partial charge on any atom is -0.444 e. The van der Waals surface area contributed by atoms with Crippen LogP contribution >= 0.6 is 0 Å². The van der Waals surface area contributed by atoms with Crippen LogP contribution in [0.3, 0.4) is 0 Å². The summed E-state index contributed by atoms with van der Waals surface area (Å²) in [5, 5.41) is 9.25. The predicted octanol–water partition coefficient (Wildman–Crippen LogP) is 2.12. The van der Waals surface area contributed by atoms with Crippen molar-refractivity contribution < 1.29 is 9.53 Å². The van der Waals surface area contributed by atoms with E-state index in [0.717, 1.165) is 30.3 Å². The second kappa shape index (κ2) is 11.3. The number of nitrogens with one attached hydrogen (secondary N) is 3. The molecule has 0 atom stereocenters. The Labute approximate surface area is 162 Å². The Morgan fingerprint density at radius 1 is 1.22 bits per heavy atom. The first-order chi connectivity index (χ1) is 12.7. The zero-order chi connectivity index (χ0) is 20.3. The summed E-state index contributed by atoms with van der Waals surface area (Å²) in [6, 6.07) is 3.95. The lowest BCUT2D eigenvalue weighted by Crippen LogP contribution is -2.39. The molecule has 0 aromatic carbocycles. The van der Waals surface area contributed by atoms with Gasteiger partial charge in [-0.15, -0.1) is 0 Å². The maximum absolute atomic E-state index is 11.6. The Bertz CT molecular complexity index is 610. The first-order valence-corrected chi connectivity index (χ1v) is 9.33. The molecule has 0 unspecified atom stereocenters. The number of aromatic nitrogens is 1. The fourth-order valence-corrected chi connectivity index (χ4v) is 2.26. The van der Waals surface area contributed by atoms with Crippen molar-refractivity contribution in [1.82, 2.24) is 20.9 Å². The molecule has 0 fully saturated rings. The SMILES string of the molecule is CCNC(=NCc1cccnc1N(C)C)NCCCNC(=O)OC(C)(C)C. The molecule has 0 saturated heterocycles. The lowest BCUT2D eigenvalue weighted by atomic mass is 10.2. The number of carbonyl (C=O) groups is 1. The lowest BCUT2D eigenvalue weighted by Gasteiger charge is -2.19. The van der Waals surface area contributed by atoms with Crippen molar-refractivity contribution in [2.24, 2.45) is 4.99 Å². The predicted molar refractivity (Wildman–Crippen MR) is 110 cm³/mol. The van der Waals surface area contributed by atoms with Gasteiger partial charge in [0.15, 0.2) is 5.96 Å². The van der Waals surface area contributed by atoms with E-state index in [1.165, 1.54) is 0 Å². The second-order valence-electron chi connectivity index (χ2n) is 7.28. The summed E-state index contributed by atoms with van der Waals surface area (Å²) in [4.78, 5) is 22.6. The molecule has 0 radical (unpaired) electrons. The van der Waals surface area contributed by atoms with Crippen LogP contribution in [-0.4, -0.2) is 56.4 Å². The highest BCUT2D eigenvalue weighted by Gasteiger charge is 2.15. The maximum atomic E-state index is 11.6. The molecule has 1 heterocycles. The van der Waals surface area contributed by atoms with Crippen molar-refractivity contribution in [2.45, 2.75) is 46.3 Å². The van der Waals surface area contributed by atoms with Crippen molar-refractivity contribution in [2.75, 3.05) is 38.6 Å². The van der Waals surface area contributed by atoms with E-state index < -0.39 is 11.7 Å². The van der Waals surface area contributed by atoms with Gasteiger partial charge in [-0.05, 0) is 40.2 Å². The third-order valence-corrected chi connectivity index (χ3v) is 3.36. The number of hydrogen-bond donors (Lipinski definition) is 3. The minimum absolute atomic E-state index is 0.393. The number of ether oxygens (including phenoxy) is 1. The van der Waals surface area contributed by atoms with Gasteiger partial charge in [0.05, 0.1) is 6.54 Å². The normalized spacial score (nSPS) is 11.7. The highest BCUT2D eigenvalue weighted by Crippen LogP contribution is 2.15. The number of guanidine groups is 1. The fraction of sp³-hybridized carbons (Fsp3) is 0.632. The number of rotatable bonds is 8. The number of anilines is 1. The summed E-state index contributed by atoms with van der Waals surface area (Å²) >= 11 is 0.